The van der Waals surface area contributed by atoms with Crippen LogP contribution < -0.4 is 0 Å². The van der Waals surface area contributed by atoms with Crippen LogP contribution in [0.25, 0.3) is 0 Å². The number of nitrogens with zero attached hydrogens (tertiary/aromatic N) is 2. The second-order valence-corrected chi connectivity index (χ2v) is 29.0. The molecule has 44 heavy (non-hydrogen) atoms. The summed E-state index contributed by atoms with van der Waals surface area (Å²) in [4.78, 5) is 5.18. The first-order valence-electron chi connectivity index (χ1n) is 17.5. The van der Waals surface area contributed by atoms with Crippen molar-refractivity contribution in [1.29, 1.82) is 0 Å². The van der Waals surface area contributed by atoms with Gasteiger partial charge in [-0.1, -0.05) is 26.2 Å². The fraction of sp³-hybridized carbons (Fsp3) is 1.00. The van der Waals surface area contributed by atoms with Gasteiger partial charge in [-0.05, 0) is 89.9 Å². The van der Waals surface area contributed by atoms with Gasteiger partial charge in [-0.15, -0.1) is 0 Å². The molecule has 12 heteroatoms. The number of unbranched alkanes of at least 4 members (excludes halogenated alkanes) is 1. The molecule has 2 rings (SSSR count). The second-order valence-electron chi connectivity index (χ2n) is 14.8. The lowest BCUT2D eigenvalue weighted by atomic mass is 10.2. The molecule has 2 aliphatic rings. The number of methoxy groups -OCH3 is 2. The van der Waals surface area contributed by atoms with Crippen LogP contribution in [-0.2, 0) is 27.8 Å². The van der Waals surface area contributed by atoms with E-state index in [-0.39, 0.29) is 12.2 Å². The molecule has 4 atom stereocenters. The molecule has 2 saturated heterocycles. The van der Waals surface area contributed by atoms with Crippen molar-refractivity contribution in [3.05, 3.63) is 0 Å². The minimum absolute atomic E-state index is 0.163. The lowest BCUT2D eigenvalue weighted by molar-refractivity contribution is 0.00724. The SMILES string of the molecule is COC(CCN1CCC[Si](C)(C)OC(COCCCCOCC2CN(CCC(OC)[Si](C)C)CCC[Si](C)(C)O2)C1)[Si](C)C. The van der Waals surface area contributed by atoms with Crippen molar-refractivity contribution in [3.8, 4) is 0 Å². The molecule has 0 spiro atoms. The molecule has 2 aliphatic heterocycles. The van der Waals surface area contributed by atoms with Gasteiger partial charge in [0.25, 0.3) is 0 Å². The molecule has 2 fully saturated rings. The topological polar surface area (TPSA) is 61.9 Å². The molecule has 0 aliphatic carbocycles. The molecule has 0 N–H and O–H groups in total. The van der Waals surface area contributed by atoms with Crippen molar-refractivity contribution < 1.29 is 27.8 Å². The van der Waals surface area contributed by atoms with Gasteiger partial charge in [0.15, 0.2) is 16.6 Å². The van der Waals surface area contributed by atoms with Crippen LogP contribution >= 0.6 is 0 Å². The molecular weight excluding hydrogens is 621 g/mol. The van der Waals surface area contributed by atoms with Gasteiger partial charge in [0.2, 0.25) is 0 Å². The highest BCUT2D eigenvalue weighted by molar-refractivity contribution is 6.71. The molecule has 0 bridgehead atoms. The van der Waals surface area contributed by atoms with Gasteiger partial charge in [-0.2, -0.15) is 0 Å². The van der Waals surface area contributed by atoms with Crippen molar-refractivity contribution >= 4 is 34.2 Å². The average molecular weight is 691 g/mol. The second kappa shape index (κ2) is 21.5. The zero-order valence-corrected chi connectivity index (χ0v) is 34.4. The summed E-state index contributed by atoms with van der Waals surface area (Å²) in [6.07, 6.45) is 7.05. The monoisotopic (exact) mass is 690 g/mol. The van der Waals surface area contributed by atoms with Crippen LogP contribution in [0.5, 0.6) is 0 Å². The minimum Gasteiger partial charge on any atom is -0.411 e. The third kappa shape index (κ3) is 17.1. The van der Waals surface area contributed by atoms with Crippen molar-refractivity contribution in [2.24, 2.45) is 0 Å². The van der Waals surface area contributed by atoms with Crippen LogP contribution in [0.2, 0.25) is 64.5 Å². The van der Waals surface area contributed by atoms with Crippen molar-refractivity contribution in [1.82, 2.24) is 9.80 Å². The van der Waals surface area contributed by atoms with E-state index in [4.69, 9.17) is 27.8 Å². The third-order valence-corrected chi connectivity index (χ3v) is 17.8. The zero-order chi connectivity index (χ0) is 32.6. The Morgan fingerprint density at radius 1 is 0.682 bits per heavy atom. The normalized spacial score (nSPS) is 25.4. The summed E-state index contributed by atoms with van der Waals surface area (Å²) in [6, 6.07) is 2.44. The van der Waals surface area contributed by atoms with Crippen LogP contribution in [0, 0.1) is 0 Å². The first-order chi connectivity index (χ1) is 20.8. The molecule has 0 aromatic carbocycles. The summed E-state index contributed by atoms with van der Waals surface area (Å²) in [7, 11) is -0.440. The number of hydrogen-bond donors (Lipinski definition) is 0. The summed E-state index contributed by atoms with van der Waals surface area (Å²) in [5.41, 5.74) is 0.833. The Hall–Kier alpha value is 0.548. The fourth-order valence-corrected chi connectivity index (χ4v) is 13.3. The maximum Gasteiger partial charge on any atom is 0.187 e. The van der Waals surface area contributed by atoms with Gasteiger partial charge in [-0.25, -0.2) is 0 Å². The summed E-state index contributed by atoms with van der Waals surface area (Å²) in [5, 5.41) is 0. The average Bonchev–Trinajstić information content (AvgIpc) is 2.91. The lowest BCUT2D eigenvalue weighted by Crippen LogP contribution is -2.48. The predicted octanol–water partition coefficient (Wildman–Crippen LogP) is 5.79. The van der Waals surface area contributed by atoms with Crippen LogP contribution in [0.4, 0.5) is 0 Å². The molecule has 0 amide bonds. The van der Waals surface area contributed by atoms with Crippen molar-refractivity contribution in [2.75, 3.05) is 79.9 Å². The van der Waals surface area contributed by atoms with Gasteiger partial charge < -0.3 is 37.6 Å². The minimum atomic E-state index is -1.64. The zero-order valence-electron chi connectivity index (χ0n) is 30.4. The standard InChI is InChI=1S/C32H70N2O6Si4/c1-35-31(41(3)4)15-19-33-17-13-23-43(7,8)39-29(25-33)27-37-21-11-12-22-38-28-30-26-34(18-14-24-44(9,10)40-30)20-16-32(36-2)42(5)6/h29-32H,11-28H2,1-10H3. The smallest absolute Gasteiger partial charge is 0.187 e. The Bertz CT molecular complexity index is 692. The Labute approximate surface area is 277 Å². The molecule has 2 heterocycles. The molecule has 4 unspecified atom stereocenters. The third-order valence-electron chi connectivity index (χ3n) is 9.11. The van der Waals surface area contributed by atoms with E-state index in [0.29, 0.717) is 24.7 Å². The van der Waals surface area contributed by atoms with E-state index >= 15 is 0 Å². The molecule has 260 valence electrons. The fourth-order valence-electron chi connectivity index (χ4n) is 6.61. The van der Waals surface area contributed by atoms with Gasteiger partial charge in [-0.3, -0.25) is 0 Å². The van der Waals surface area contributed by atoms with Crippen LogP contribution in [0.1, 0.15) is 38.5 Å². The molecule has 0 saturated carbocycles. The van der Waals surface area contributed by atoms with E-state index in [1.54, 1.807) is 0 Å². The van der Waals surface area contributed by atoms with E-state index in [2.05, 4.69) is 62.2 Å². The summed E-state index contributed by atoms with van der Waals surface area (Å²) < 4.78 is 37.3. The maximum atomic E-state index is 6.70. The van der Waals surface area contributed by atoms with Crippen molar-refractivity contribution in [3.63, 3.8) is 0 Å². The molecule has 2 radical (unpaired) electrons. The Morgan fingerprint density at radius 3 is 1.41 bits per heavy atom. The largest absolute Gasteiger partial charge is 0.411 e. The lowest BCUT2D eigenvalue weighted by Gasteiger charge is -2.37. The van der Waals surface area contributed by atoms with E-state index in [1.807, 2.05) is 14.2 Å². The number of ether oxygens (including phenoxy) is 4. The van der Waals surface area contributed by atoms with E-state index < -0.39 is 34.2 Å². The Morgan fingerprint density at radius 2 is 1.07 bits per heavy atom. The maximum absolute atomic E-state index is 6.70. The summed E-state index contributed by atoms with van der Waals surface area (Å²) in [6.45, 7) is 28.2. The first-order valence-corrected chi connectivity index (χ1v) is 28.8. The Balaban J connectivity index is 1.71. The van der Waals surface area contributed by atoms with Gasteiger partial charge in [0.1, 0.15) is 0 Å². The highest BCUT2D eigenvalue weighted by atomic mass is 28.4. The van der Waals surface area contributed by atoms with Gasteiger partial charge in [0, 0.05) is 65.1 Å². The van der Waals surface area contributed by atoms with E-state index in [0.717, 1.165) is 78.2 Å². The van der Waals surface area contributed by atoms with E-state index in [9.17, 15) is 0 Å². The highest BCUT2D eigenvalue weighted by Crippen LogP contribution is 2.22. The number of hydrogen-bond acceptors (Lipinski definition) is 8. The van der Waals surface area contributed by atoms with Crippen LogP contribution in [0.15, 0.2) is 0 Å². The molecule has 0 aromatic heterocycles. The molecular formula is C32H70N2O6Si4. The number of rotatable bonds is 19. The van der Waals surface area contributed by atoms with Crippen LogP contribution in [0.3, 0.4) is 0 Å². The Kier molecular flexibility index (Phi) is 19.9. The van der Waals surface area contributed by atoms with Crippen LogP contribution in [-0.4, -0.2) is 148 Å². The quantitative estimate of drug-likeness (QED) is 0.125. The van der Waals surface area contributed by atoms with Gasteiger partial charge in [0.05, 0.1) is 43.0 Å². The van der Waals surface area contributed by atoms with Crippen molar-refractivity contribution in [2.45, 2.75) is 127 Å². The molecule has 0 aromatic rings. The summed E-state index contributed by atoms with van der Waals surface area (Å²) in [5.74, 6) is 0. The highest BCUT2D eigenvalue weighted by Gasteiger charge is 2.32. The van der Waals surface area contributed by atoms with Gasteiger partial charge >= 0.3 is 0 Å². The molecule has 8 nitrogen and oxygen atoms in total. The first kappa shape index (κ1) is 40.7. The summed E-state index contributed by atoms with van der Waals surface area (Å²) >= 11 is 0. The van der Waals surface area contributed by atoms with E-state index in [1.165, 1.54) is 24.9 Å². The predicted molar refractivity (Wildman–Crippen MR) is 193 cm³/mol.